The van der Waals surface area contributed by atoms with Crippen LogP contribution in [0.3, 0.4) is 0 Å². The second kappa shape index (κ2) is 9.13. The van der Waals surface area contributed by atoms with Crippen molar-refractivity contribution in [2.24, 2.45) is 11.3 Å². The number of rotatable bonds is 4. The van der Waals surface area contributed by atoms with Crippen LogP contribution in [0.25, 0.3) is 0 Å². The molecule has 0 aliphatic heterocycles. The molecule has 1 aliphatic carbocycles. The second-order valence-electron chi connectivity index (χ2n) is 7.76. The molecule has 0 fully saturated rings. The Hall–Kier alpha value is -4.17. The van der Waals surface area contributed by atoms with Crippen molar-refractivity contribution in [3.8, 4) is 12.1 Å². The Morgan fingerprint density at radius 1 is 0.970 bits per heavy atom. The van der Waals surface area contributed by atoms with Gasteiger partial charge in [-0.3, -0.25) is 4.79 Å². The summed E-state index contributed by atoms with van der Waals surface area (Å²) in [6.07, 6.45) is 0. The molecule has 3 atom stereocenters. The van der Waals surface area contributed by atoms with Crippen molar-refractivity contribution in [2.75, 3.05) is 14.2 Å². The van der Waals surface area contributed by atoms with E-state index in [0.717, 1.165) is 31.9 Å². The van der Waals surface area contributed by atoms with E-state index in [1.807, 2.05) is 19.1 Å². The summed E-state index contributed by atoms with van der Waals surface area (Å²) < 4.78 is 23.4. The van der Waals surface area contributed by atoms with Gasteiger partial charge < -0.3 is 14.6 Å². The van der Waals surface area contributed by atoms with E-state index in [4.69, 9.17) is 9.47 Å². The van der Waals surface area contributed by atoms with Crippen LogP contribution >= 0.6 is 0 Å². The minimum Gasteiger partial charge on any atom is -0.511 e. The van der Waals surface area contributed by atoms with Gasteiger partial charge in [-0.05, 0) is 30.2 Å². The minimum absolute atomic E-state index is 0.229. The number of nitrogens with zero attached hydrogens (tertiary/aromatic N) is 2. The summed E-state index contributed by atoms with van der Waals surface area (Å²) in [5.74, 6) is -7.24. The van der Waals surface area contributed by atoms with Crippen molar-refractivity contribution in [1.82, 2.24) is 0 Å². The highest BCUT2D eigenvalue weighted by molar-refractivity contribution is 5.94. The summed E-state index contributed by atoms with van der Waals surface area (Å²) in [6.45, 7) is 1.85. The van der Waals surface area contributed by atoms with Crippen LogP contribution in [-0.4, -0.2) is 31.3 Å². The Bertz CT molecular complexity index is 1180. The van der Waals surface area contributed by atoms with Crippen LogP contribution in [0, 0.1) is 46.7 Å². The first-order valence-corrected chi connectivity index (χ1v) is 9.99. The van der Waals surface area contributed by atoms with Gasteiger partial charge in [-0.1, -0.05) is 42.0 Å². The summed E-state index contributed by atoms with van der Waals surface area (Å²) in [7, 11) is 2.18. The predicted molar refractivity (Wildman–Crippen MR) is 114 cm³/mol. The summed E-state index contributed by atoms with van der Waals surface area (Å²) in [5.41, 5.74) is -0.935. The second-order valence-corrected chi connectivity index (χ2v) is 7.76. The smallest absolute Gasteiger partial charge is 0.337 e. The SMILES string of the molecule is COC(=O)C1=C(O)[C@H](C(=O)OC)[C@H](c2ccc(C)cc2)C(C#N)(C#N)[C@@H]1c1ccc(F)cc1. The highest BCUT2D eigenvalue weighted by Gasteiger charge is 2.61. The lowest BCUT2D eigenvalue weighted by Crippen LogP contribution is -2.47. The number of carbonyl (C=O) groups is 2. The number of benzene rings is 2. The van der Waals surface area contributed by atoms with E-state index < -0.39 is 52.3 Å². The number of aryl methyl sites for hydroxylation is 1. The Labute approximate surface area is 190 Å². The van der Waals surface area contributed by atoms with E-state index in [9.17, 15) is 29.6 Å². The third-order valence-electron chi connectivity index (χ3n) is 6.01. The van der Waals surface area contributed by atoms with Crippen molar-refractivity contribution in [3.05, 3.63) is 82.4 Å². The molecule has 0 amide bonds. The molecule has 0 unspecified atom stereocenters. The van der Waals surface area contributed by atoms with Gasteiger partial charge in [-0.25, -0.2) is 9.18 Å². The number of nitriles is 2. The molecule has 1 N–H and O–H groups in total. The van der Waals surface area contributed by atoms with Crippen LogP contribution in [-0.2, 0) is 19.1 Å². The monoisotopic (exact) mass is 448 g/mol. The van der Waals surface area contributed by atoms with Gasteiger partial charge >= 0.3 is 11.9 Å². The number of esters is 2. The fraction of sp³-hybridized carbons (Fsp3) is 0.280. The third kappa shape index (κ3) is 3.81. The maximum absolute atomic E-state index is 13.7. The quantitative estimate of drug-likeness (QED) is 0.706. The molecule has 1 aliphatic rings. The number of halogens is 1. The van der Waals surface area contributed by atoms with Crippen LogP contribution in [0.5, 0.6) is 0 Å². The summed E-state index contributed by atoms with van der Waals surface area (Å²) in [4.78, 5) is 25.7. The molecule has 168 valence electrons. The zero-order valence-corrected chi connectivity index (χ0v) is 18.2. The van der Waals surface area contributed by atoms with Crippen molar-refractivity contribution < 1.29 is 28.6 Å². The number of carbonyl (C=O) groups excluding carboxylic acids is 2. The maximum atomic E-state index is 13.7. The van der Waals surface area contributed by atoms with Crippen LogP contribution in [0.4, 0.5) is 4.39 Å². The van der Waals surface area contributed by atoms with E-state index in [0.29, 0.717) is 5.56 Å². The first-order valence-electron chi connectivity index (χ1n) is 9.99. The van der Waals surface area contributed by atoms with Crippen LogP contribution in [0.15, 0.2) is 59.9 Å². The topological polar surface area (TPSA) is 120 Å². The Balaban J connectivity index is 2.47. The van der Waals surface area contributed by atoms with Gasteiger partial charge in [-0.2, -0.15) is 10.5 Å². The number of hydrogen-bond donors (Lipinski definition) is 1. The molecule has 0 spiro atoms. The summed E-state index contributed by atoms with van der Waals surface area (Å²) >= 11 is 0. The van der Waals surface area contributed by atoms with Gasteiger partial charge in [0.1, 0.15) is 17.5 Å². The number of aliphatic hydroxyl groups is 1. The Morgan fingerprint density at radius 3 is 2.00 bits per heavy atom. The number of hydrogen-bond acceptors (Lipinski definition) is 7. The molecule has 7 nitrogen and oxygen atoms in total. The molecule has 3 rings (SSSR count). The van der Waals surface area contributed by atoms with E-state index in [1.165, 1.54) is 12.1 Å². The summed E-state index contributed by atoms with van der Waals surface area (Å²) in [5, 5.41) is 32.0. The zero-order chi connectivity index (χ0) is 24.3. The lowest BCUT2D eigenvalue weighted by atomic mass is 9.54. The highest BCUT2D eigenvalue weighted by Crippen LogP contribution is 2.58. The van der Waals surface area contributed by atoms with Crippen LogP contribution in [0.1, 0.15) is 28.5 Å². The number of aliphatic hydroxyl groups excluding tert-OH is 1. The fourth-order valence-corrected chi connectivity index (χ4v) is 4.46. The standard InChI is InChI=1S/C25H21FN2O5/c1-14-4-6-15(7-5-14)20-18(23(30)32-2)22(29)19(24(31)33-3)21(25(20,12-27)13-28)16-8-10-17(26)11-9-16/h4-11,18,20-21,29H,1-3H3/t18-,20+,21-/m1/s1. The van der Waals surface area contributed by atoms with E-state index in [2.05, 4.69) is 0 Å². The largest absolute Gasteiger partial charge is 0.511 e. The van der Waals surface area contributed by atoms with Gasteiger partial charge in [0.05, 0.1) is 37.8 Å². The predicted octanol–water partition coefficient (Wildman–Crippen LogP) is 3.82. The van der Waals surface area contributed by atoms with E-state index in [1.54, 1.807) is 24.3 Å². The third-order valence-corrected chi connectivity index (χ3v) is 6.01. The summed E-state index contributed by atoms with van der Waals surface area (Å²) in [6, 6.07) is 15.7. The van der Waals surface area contributed by atoms with Crippen LogP contribution in [0.2, 0.25) is 0 Å². The fourth-order valence-electron chi connectivity index (χ4n) is 4.46. The zero-order valence-electron chi connectivity index (χ0n) is 18.2. The first-order chi connectivity index (χ1) is 15.7. The lowest BCUT2D eigenvalue weighted by Gasteiger charge is -2.44. The molecule has 33 heavy (non-hydrogen) atoms. The molecule has 2 aromatic carbocycles. The molecule has 0 aromatic heterocycles. The molecule has 0 heterocycles. The Kier molecular flexibility index (Phi) is 6.50. The molecule has 2 aromatic rings. The van der Waals surface area contributed by atoms with Crippen molar-refractivity contribution >= 4 is 11.9 Å². The molecule has 0 saturated heterocycles. The number of ether oxygens (including phenoxy) is 2. The van der Waals surface area contributed by atoms with Crippen molar-refractivity contribution in [3.63, 3.8) is 0 Å². The first kappa shape index (κ1) is 23.5. The average Bonchev–Trinajstić information content (AvgIpc) is 2.83. The van der Waals surface area contributed by atoms with Crippen molar-refractivity contribution in [2.45, 2.75) is 18.8 Å². The number of methoxy groups -OCH3 is 2. The molecule has 0 bridgehead atoms. The highest BCUT2D eigenvalue weighted by atomic mass is 19.1. The minimum atomic E-state index is -2.05. The molecular formula is C25H21FN2O5. The van der Waals surface area contributed by atoms with Crippen molar-refractivity contribution in [1.29, 1.82) is 10.5 Å². The Morgan fingerprint density at radius 2 is 1.52 bits per heavy atom. The maximum Gasteiger partial charge on any atom is 0.337 e. The van der Waals surface area contributed by atoms with Gasteiger partial charge in [0.2, 0.25) is 0 Å². The molecule has 0 saturated carbocycles. The molecule has 8 heteroatoms. The van der Waals surface area contributed by atoms with E-state index >= 15 is 0 Å². The van der Waals surface area contributed by atoms with Gasteiger partial charge in [0.15, 0.2) is 5.41 Å². The lowest BCUT2D eigenvalue weighted by molar-refractivity contribution is -0.147. The van der Waals surface area contributed by atoms with Crippen LogP contribution < -0.4 is 0 Å². The van der Waals surface area contributed by atoms with E-state index in [-0.39, 0.29) is 5.56 Å². The van der Waals surface area contributed by atoms with Gasteiger partial charge in [-0.15, -0.1) is 0 Å². The molecule has 0 radical (unpaired) electrons. The molecular weight excluding hydrogens is 427 g/mol. The van der Waals surface area contributed by atoms with Gasteiger partial charge in [0.25, 0.3) is 0 Å². The van der Waals surface area contributed by atoms with Gasteiger partial charge in [0, 0.05) is 5.92 Å². The average molecular weight is 448 g/mol. The normalized spacial score (nSPS) is 21.5.